The Labute approximate surface area is 121 Å². The minimum atomic E-state index is -1.23. The number of ether oxygens (including phenoxy) is 1. The summed E-state index contributed by atoms with van der Waals surface area (Å²) < 4.78 is 18.2. The van der Waals surface area contributed by atoms with Gasteiger partial charge in [0, 0.05) is 6.04 Å². The molecule has 0 heterocycles. The van der Waals surface area contributed by atoms with Crippen LogP contribution < -0.4 is 10.6 Å². The van der Waals surface area contributed by atoms with Gasteiger partial charge in [0.1, 0.15) is 5.82 Å². The zero-order valence-corrected chi connectivity index (χ0v) is 12.0. The molecule has 2 N–H and O–H groups in total. The number of imide groups is 1. The number of halogens is 1. The number of hydrogen-bond donors (Lipinski definition) is 2. The summed E-state index contributed by atoms with van der Waals surface area (Å²) in [5.41, 5.74) is -0.274. The molecule has 1 rings (SSSR count). The van der Waals surface area contributed by atoms with E-state index in [1.807, 2.05) is 5.32 Å². The predicted octanol–water partition coefficient (Wildman–Crippen LogP) is 1.61. The minimum Gasteiger partial charge on any atom is -0.449 e. The summed E-state index contributed by atoms with van der Waals surface area (Å²) in [6.45, 7) is 4.74. The maximum Gasteiger partial charge on any atom is 0.341 e. The lowest BCUT2D eigenvalue weighted by molar-refractivity contribution is -0.127. The van der Waals surface area contributed by atoms with E-state index >= 15 is 0 Å². The molecule has 3 amide bonds. The Morgan fingerprint density at radius 3 is 2.33 bits per heavy atom. The second-order valence-electron chi connectivity index (χ2n) is 4.64. The molecule has 0 spiro atoms. The van der Waals surface area contributed by atoms with E-state index in [2.05, 4.69) is 5.32 Å². The molecule has 0 aliphatic heterocycles. The van der Waals surface area contributed by atoms with Gasteiger partial charge in [0.05, 0.1) is 5.56 Å². The van der Waals surface area contributed by atoms with Gasteiger partial charge in [0.2, 0.25) is 0 Å². The standard InChI is InChI=1S/C14H17FN2O4/c1-8(2)16-14(20)17-12(18)9(3)21-13(19)10-6-4-5-7-11(10)15/h4-9H,1-3H3,(H2,16,17,18,20)/t9-/m1/s1. The molecule has 0 fully saturated rings. The number of rotatable bonds is 4. The van der Waals surface area contributed by atoms with Crippen LogP contribution in [0.1, 0.15) is 31.1 Å². The second kappa shape index (κ2) is 7.37. The lowest BCUT2D eigenvalue weighted by Crippen LogP contribution is -2.46. The molecule has 0 saturated heterocycles. The number of amides is 3. The summed E-state index contributed by atoms with van der Waals surface area (Å²) in [5, 5.41) is 4.47. The van der Waals surface area contributed by atoms with E-state index in [4.69, 9.17) is 4.74 Å². The topological polar surface area (TPSA) is 84.5 Å². The van der Waals surface area contributed by atoms with E-state index in [9.17, 15) is 18.8 Å². The van der Waals surface area contributed by atoms with E-state index < -0.39 is 29.8 Å². The van der Waals surface area contributed by atoms with Gasteiger partial charge in [0.25, 0.3) is 5.91 Å². The van der Waals surface area contributed by atoms with Crippen LogP contribution in [0.4, 0.5) is 9.18 Å². The molecule has 0 saturated carbocycles. The Hall–Kier alpha value is -2.44. The number of urea groups is 1. The van der Waals surface area contributed by atoms with Crippen molar-refractivity contribution in [2.24, 2.45) is 0 Å². The molecular weight excluding hydrogens is 279 g/mol. The molecule has 21 heavy (non-hydrogen) atoms. The largest absolute Gasteiger partial charge is 0.449 e. The molecule has 1 aromatic carbocycles. The van der Waals surface area contributed by atoms with Crippen LogP contribution in [-0.4, -0.2) is 30.1 Å². The number of carbonyl (C=O) groups excluding carboxylic acids is 3. The van der Waals surface area contributed by atoms with E-state index in [1.165, 1.54) is 25.1 Å². The van der Waals surface area contributed by atoms with Crippen molar-refractivity contribution in [3.63, 3.8) is 0 Å². The summed E-state index contributed by atoms with van der Waals surface area (Å²) >= 11 is 0. The Bertz CT molecular complexity index is 546. The molecule has 1 aromatic rings. The van der Waals surface area contributed by atoms with Gasteiger partial charge in [-0.05, 0) is 32.9 Å². The molecule has 0 aliphatic rings. The zero-order chi connectivity index (χ0) is 16.0. The van der Waals surface area contributed by atoms with Crippen LogP contribution in [0.25, 0.3) is 0 Å². The van der Waals surface area contributed by atoms with E-state index in [1.54, 1.807) is 13.8 Å². The van der Waals surface area contributed by atoms with Crippen LogP contribution in [0.5, 0.6) is 0 Å². The normalized spacial score (nSPS) is 11.7. The Kier molecular flexibility index (Phi) is 5.83. The fourth-order valence-electron chi connectivity index (χ4n) is 1.42. The average Bonchev–Trinajstić information content (AvgIpc) is 2.37. The lowest BCUT2D eigenvalue weighted by atomic mass is 10.2. The predicted molar refractivity (Wildman–Crippen MR) is 73.1 cm³/mol. The third-order valence-electron chi connectivity index (χ3n) is 2.40. The fraction of sp³-hybridized carbons (Fsp3) is 0.357. The van der Waals surface area contributed by atoms with Gasteiger partial charge in [-0.1, -0.05) is 12.1 Å². The molecule has 0 bridgehead atoms. The third kappa shape index (κ3) is 5.21. The van der Waals surface area contributed by atoms with Crippen LogP contribution in [0, 0.1) is 5.82 Å². The highest BCUT2D eigenvalue weighted by atomic mass is 19.1. The maximum atomic E-state index is 13.4. The Morgan fingerprint density at radius 1 is 1.14 bits per heavy atom. The molecule has 0 aromatic heterocycles. The smallest absolute Gasteiger partial charge is 0.341 e. The summed E-state index contributed by atoms with van der Waals surface area (Å²) in [6.07, 6.45) is -1.23. The first kappa shape index (κ1) is 16.6. The van der Waals surface area contributed by atoms with Crippen LogP contribution >= 0.6 is 0 Å². The SMILES string of the molecule is CC(C)NC(=O)NC(=O)[C@@H](C)OC(=O)c1ccccc1F. The number of carbonyl (C=O) groups is 3. The summed E-state index contributed by atoms with van der Waals surface area (Å²) in [6, 6.07) is 4.42. The third-order valence-corrected chi connectivity index (χ3v) is 2.40. The van der Waals surface area contributed by atoms with Crippen LogP contribution in [-0.2, 0) is 9.53 Å². The van der Waals surface area contributed by atoms with Gasteiger partial charge >= 0.3 is 12.0 Å². The molecular formula is C14H17FN2O4. The molecule has 0 aliphatic carbocycles. The lowest BCUT2D eigenvalue weighted by Gasteiger charge is -2.14. The quantitative estimate of drug-likeness (QED) is 0.827. The second-order valence-corrected chi connectivity index (χ2v) is 4.64. The van der Waals surface area contributed by atoms with Crippen molar-refractivity contribution in [2.45, 2.75) is 32.9 Å². The van der Waals surface area contributed by atoms with Crippen molar-refractivity contribution < 1.29 is 23.5 Å². The van der Waals surface area contributed by atoms with Crippen molar-refractivity contribution in [1.29, 1.82) is 0 Å². The Balaban J connectivity index is 2.58. The molecule has 0 unspecified atom stereocenters. The Morgan fingerprint density at radius 2 is 1.76 bits per heavy atom. The number of esters is 1. The minimum absolute atomic E-state index is 0.144. The maximum absolute atomic E-state index is 13.4. The molecule has 114 valence electrons. The van der Waals surface area contributed by atoms with E-state index in [0.29, 0.717) is 0 Å². The average molecular weight is 296 g/mol. The molecule has 6 nitrogen and oxygen atoms in total. The summed E-state index contributed by atoms with van der Waals surface area (Å²) in [7, 11) is 0. The fourth-order valence-corrected chi connectivity index (χ4v) is 1.42. The first-order valence-electron chi connectivity index (χ1n) is 6.38. The van der Waals surface area contributed by atoms with Gasteiger partial charge in [-0.15, -0.1) is 0 Å². The highest BCUT2D eigenvalue weighted by Crippen LogP contribution is 2.09. The van der Waals surface area contributed by atoms with Crippen molar-refractivity contribution >= 4 is 17.9 Å². The molecule has 7 heteroatoms. The van der Waals surface area contributed by atoms with Crippen molar-refractivity contribution in [1.82, 2.24) is 10.6 Å². The first-order valence-corrected chi connectivity index (χ1v) is 6.38. The van der Waals surface area contributed by atoms with Gasteiger partial charge in [0.15, 0.2) is 6.10 Å². The van der Waals surface area contributed by atoms with E-state index in [0.717, 1.165) is 6.07 Å². The first-order chi connectivity index (χ1) is 9.81. The molecule has 1 atom stereocenters. The van der Waals surface area contributed by atoms with Crippen LogP contribution in [0.3, 0.4) is 0 Å². The van der Waals surface area contributed by atoms with Gasteiger partial charge < -0.3 is 10.1 Å². The van der Waals surface area contributed by atoms with Gasteiger partial charge in [-0.25, -0.2) is 14.0 Å². The monoisotopic (exact) mass is 296 g/mol. The van der Waals surface area contributed by atoms with Gasteiger partial charge in [-0.2, -0.15) is 0 Å². The number of benzene rings is 1. The summed E-state index contributed by atoms with van der Waals surface area (Å²) in [4.78, 5) is 34.7. The van der Waals surface area contributed by atoms with Crippen molar-refractivity contribution in [3.8, 4) is 0 Å². The van der Waals surface area contributed by atoms with Crippen LogP contribution in [0.2, 0.25) is 0 Å². The number of hydrogen-bond acceptors (Lipinski definition) is 4. The number of nitrogens with one attached hydrogen (secondary N) is 2. The highest BCUT2D eigenvalue weighted by Gasteiger charge is 2.22. The zero-order valence-electron chi connectivity index (χ0n) is 12.0. The van der Waals surface area contributed by atoms with E-state index in [-0.39, 0.29) is 11.6 Å². The summed E-state index contributed by atoms with van der Waals surface area (Å²) in [5.74, 6) is -2.51. The van der Waals surface area contributed by atoms with Crippen molar-refractivity contribution in [3.05, 3.63) is 35.6 Å². The van der Waals surface area contributed by atoms with Gasteiger partial charge in [-0.3, -0.25) is 10.1 Å². The highest BCUT2D eigenvalue weighted by molar-refractivity contribution is 5.98. The van der Waals surface area contributed by atoms with Crippen molar-refractivity contribution in [2.75, 3.05) is 0 Å². The molecule has 0 radical (unpaired) electrons. The van der Waals surface area contributed by atoms with Crippen LogP contribution in [0.15, 0.2) is 24.3 Å².